The second kappa shape index (κ2) is 27.1. The normalized spacial score (nSPS) is 14.7. The summed E-state index contributed by atoms with van der Waals surface area (Å²) in [6, 6.07) is 49.4. The summed E-state index contributed by atoms with van der Waals surface area (Å²) in [6.45, 7) is 18.0. The van der Waals surface area contributed by atoms with Crippen LogP contribution in [-0.2, 0) is 40.9 Å². The molecule has 16 rings (SSSR count). The van der Waals surface area contributed by atoms with Crippen LogP contribution in [0.1, 0.15) is 142 Å². The zero-order valence-electron chi connectivity index (χ0n) is 74.9. The van der Waals surface area contributed by atoms with Crippen molar-refractivity contribution in [1.29, 1.82) is 0 Å². The molecular formula is C89H98N12+4. The fraction of sp³-hybridized carbons (Fsp3) is 0.281. The number of hydrogen-bond acceptors (Lipinski definition) is 4. The van der Waals surface area contributed by atoms with Gasteiger partial charge in [-0.25, -0.2) is 38.2 Å². The van der Waals surface area contributed by atoms with Crippen molar-refractivity contribution in [1.82, 2.24) is 37.5 Å². The molecule has 16 aromatic rings. The monoisotopic (exact) mass is 1350 g/mol. The maximum absolute atomic E-state index is 8.83. The molecule has 0 radical (unpaired) electrons. The molecule has 12 aromatic heterocycles. The van der Waals surface area contributed by atoms with E-state index >= 15 is 0 Å². The summed E-state index contributed by atoms with van der Waals surface area (Å²) in [6.07, 6.45) is 11.6. The van der Waals surface area contributed by atoms with Gasteiger partial charge in [0, 0.05) is 91.0 Å². The average Bonchev–Trinajstić information content (AvgIpc) is 1.75. The van der Waals surface area contributed by atoms with E-state index in [0.29, 0.717) is 16.7 Å². The van der Waals surface area contributed by atoms with Crippen molar-refractivity contribution in [3.05, 3.63) is 262 Å². The minimum absolute atomic E-state index is 0.0391. The fourth-order valence-corrected chi connectivity index (χ4v) is 13.9. The molecule has 0 atom stereocenters. The lowest BCUT2D eigenvalue weighted by Crippen LogP contribution is -2.32. The van der Waals surface area contributed by atoms with E-state index in [1.807, 2.05) is 228 Å². The molecule has 0 unspecified atom stereocenters. The second-order valence-corrected chi connectivity index (χ2v) is 28.8. The van der Waals surface area contributed by atoms with Crippen LogP contribution in [-0.4, -0.2) is 37.5 Å². The van der Waals surface area contributed by atoms with Crippen LogP contribution in [0.5, 0.6) is 0 Å². The van der Waals surface area contributed by atoms with Crippen molar-refractivity contribution in [2.75, 3.05) is 0 Å². The van der Waals surface area contributed by atoms with Gasteiger partial charge in [0.05, 0.1) is 66.4 Å². The van der Waals surface area contributed by atoms with E-state index in [0.717, 1.165) is 140 Å². The van der Waals surface area contributed by atoms with E-state index in [2.05, 4.69) is 66.7 Å². The van der Waals surface area contributed by atoms with Gasteiger partial charge in [-0.05, 0) is 226 Å². The number of aromatic nitrogens is 12. The molecule has 12 heteroatoms. The average molecular weight is 1350 g/mol. The van der Waals surface area contributed by atoms with Crippen LogP contribution in [0.2, 0.25) is 0 Å². The Kier molecular flexibility index (Phi) is 14.3. The maximum Gasteiger partial charge on any atom is 0.212 e. The molecule has 0 aliphatic heterocycles. The van der Waals surface area contributed by atoms with Crippen LogP contribution in [0.3, 0.4) is 0 Å². The van der Waals surface area contributed by atoms with Crippen LogP contribution in [0.25, 0.3) is 112 Å². The molecule has 0 aliphatic carbocycles. The molecule has 0 spiro atoms. The predicted molar refractivity (Wildman–Crippen MR) is 416 cm³/mol. The highest BCUT2D eigenvalue weighted by atomic mass is 15.0. The molecule has 0 saturated heterocycles. The molecular weight excluding hydrogens is 1240 g/mol. The first-order chi connectivity index (χ1) is 53.6. The van der Waals surface area contributed by atoms with Crippen molar-refractivity contribution in [3.8, 4) is 45.0 Å². The number of aryl methyl sites for hydroxylation is 12. The SMILES string of the molecule is [2H]C([2H])([2H])c1c[n+](C)c(-c2ccc3nc4ccccn4c3c2C)cc1C.[2H]C([2H])([2H])c1c[n+](C)c(-c2ccc3nc4ccccn4c3c2C)cc1C([2H])(C)C.[2H]C([2H])([2H])c1c[n+](C)c(-c2ccc3nc4ccccn4c3c2C)cc1C([2H])([2H])C(C)(C)C.[2H]C([2H])(c1cc[n+](C)c(-c2ccc3nc4ccccn4c3c2C)c1)C(C)(C)C. The number of pyridine rings is 8. The second-order valence-electron chi connectivity index (χ2n) is 28.8. The standard InChI is InChI=1S/C24H28N3.C23H26N3.C22H24N3.C20H20N3/c1-16-15-26(6)21(13-18(16)14-24(3,4)5)19-10-11-20-23(17(19)2)27-12-8-7-9-22(27)25-20;1-16-18(20-14-17(11-13-25(20)5)15-23(2,3)4)9-10-19-22(16)26-12-7-6-8-21(26)24-19;1-14(2)18-12-20(24(5)13-15(18)3)17-9-10-19-22(16(17)4)25-11-7-6-8-21(25)23-19;1-13-11-18(22(4)12-14(13)2)16-8-9-17-20(15(16)3)23-10-6-5-7-19(23)21-17/h7-13,15H,14H2,1-6H3;6-14H,15H2,1-5H3;6-14H,1-5H3;5-12H,1-4H3/q4*+1/i1D3,14D2;15D2;3D3,14D;2D3. The summed E-state index contributed by atoms with van der Waals surface area (Å²) >= 11 is 0. The van der Waals surface area contributed by atoms with Gasteiger partial charge in [-0.15, -0.1) is 0 Å². The molecule has 0 N–H and O–H groups in total. The smallest absolute Gasteiger partial charge is 0.212 e. The minimum Gasteiger partial charge on any atom is -0.299 e. The molecule has 12 heterocycles. The van der Waals surface area contributed by atoms with E-state index < -0.39 is 50.0 Å². The predicted octanol–water partition coefficient (Wildman–Crippen LogP) is 18.7. The first-order valence-electron chi connectivity index (χ1n) is 41.2. The van der Waals surface area contributed by atoms with Crippen LogP contribution < -0.4 is 18.3 Å². The minimum atomic E-state index is -2.43. The summed E-state index contributed by atoms with van der Waals surface area (Å²) in [4.78, 5) is 18.8. The Morgan fingerprint density at radius 2 is 0.743 bits per heavy atom. The highest BCUT2D eigenvalue weighted by Crippen LogP contribution is 2.36. The van der Waals surface area contributed by atoms with Gasteiger partial charge in [-0.1, -0.05) is 79.7 Å². The molecule has 0 saturated carbocycles. The van der Waals surface area contributed by atoms with Gasteiger partial charge in [0.15, 0.2) is 24.8 Å². The van der Waals surface area contributed by atoms with Gasteiger partial charge in [0.25, 0.3) is 0 Å². The third-order valence-corrected chi connectivity index (χ3v) is 18.7. The van der Waals surface area contributed by atoms with E-state index in [-0.39, 0.29) is 16.7 Å². The van der Waals surface area contributed by atoms with Crippen molar-refractivity contribution in [2.24, 2.45) is 39.0 Å². The quantitative estimate of drug-likeness (QED) is 0.149. The molecule has 0 aliphatic rings. The molecule has 510 valence electrons. The van der Waals surface area contributed by atoms with E-state index in [4.69, 9.17) is 29.2 Å². The van der Waals surface area contributed by atoms with Gasteiger partial charge in [-0.3, -0.25) is 17.6 Å². The van der Waals surface area contributed by atoms with Gasteiger partial charge >= 0.3 is 0 Å². The third-order valence-electron chi connectivity index (χ3n) is 18.7. The number of fused-ring (bicyclic) bond motifs is 12. The lowest BCUT2D eigenvalue weighted by atomic mass is 9.86. The van der Waals surface area contributed by atoms with E-state index in [1.54, 1.807) is 70.9 Å². The molecule has 12 nitrogen and oxygen atoms in total. The Hall–Kier alpha value is -10.7. The molecule has 0 amide bonds. The lowest BCUT2D eigenvalue weighted by molar-refractivity contribution is -0.660. The maximum atomic E-state index is 8.83. The van der Waals surface area contributed by atoms with E-state index in [9.17, 15) is 0 Å². The Morgan fingerprint density at radius 3 is 1.11 bits per heavy atom. The zero-order chi connectivity index (χ0) is 83.7. The van der Waals surface area contributed by atoms with Gasteiger partial charge in [0.1, 0.15) is 50.8 Å². The number of benzene rings is 4. The van der Waals surface area contributed by atoms with Crippen molar-refractivity contribution in [2.45, 2.75) is 129 Å². The van der Waals surface area contributed by atoms with Gasteiger partial charge in [0.2, 0.25) is 22.8 Å². The first-order valence-corrected chi connectivity index (χ1v) is 34.2. The van der Waals surface area contributed by atoms with Crippen LogP contribution in [0.4, 0.5) is 0 Å². The third kappa shape index (κ3) is 13.5. The summed E-state index contributed by atoms with van der Waals surface area (Å²) in [5.74, 6) is -1.03. The van der Waals surface area contributed by atoms with Crippen molar-refractivity contribution >= 4 is 66.7 Å². The van der Waals surface area contributed by atoms with Crippen LogP contribution in [0.15, 0.2) is 201 Å². The lowest BCUT2D eigenvalue weighted by Gasteiger charge is -2.19. The van der Waals surface area contributed by atoms with Gasteiger partial charge in [-0.2, -0.15) is 0 Å². The molecule has 4 aromatic carbocycles. The Bertz CT molecular complexity index is 6510. The number of rotatable bonds is 7. The topological polar surface area (TPSA) is 84.7 Å². The van der Waals surface area contributed by atoms with Crippen LogP contribution >= 0.6 is 0 Å². The summed E-state index contributed by atoms with van der Waals surface area (Å²) in [5, 5.41) is 0. The zero-order valence-corrected chi connectivity index (χ0v) is 60.9. The highest BCUT2D eigenvalue weighted by molar-refractivity contribution is 5.92. The summed E-state index contributed by atoms with van der Waals surface area (Å²) in [5.41, 5.74) is 25.1. The summed E-state index contributed by atoms with van der Waals surface area (Å²) < 4.78 is 130. The number of nitrogens with zero attached hydrogens (tertiary/aromatic N) is 12. The Labute approximate surface area is 614 Å². The Morgan fingerprint density at radius 1 is 0.396 bits per heavy atom. The molecule has 0 bridgehead atoms. The fourth-order valence-electron chi connectivity index (χ4n) is 13.9. The van der Waals surface area contributed by atoms with Crippen LogP contribution in [0, 0.1) is 66.0 Å². The Balaban J connectivity index is 0.000000134. The van der Waals surface area contributed by atoms with E-state index in [1.165, 1.54) is 0 Å². The molecule has 0 fully saturated rings. The molecule has 101 heavy (non-hydrogen) atoms. The van der Waals surface area contributed by atoms with Gasteiger partial charge < -0.3 is 0 Å². The van der Waals surface area contributed by atoms with Crippen molar-refractivity contribution < 1.29 is 37.5 Å². The number of hydrogen-bond donors (Lipinski definition) is 0. The number of imidazole rings is 4. The first kappa shape index (κ1) is 53.2. The highest BCUT2D eigenvalue weighted by Gasteiger charge is 2.26. The largest absolute Gasteiger partial charge is 0.299 e. The summed E-state index contributed by atoms with van der Waals surface area (Å²) in [7, 11) is 7.55. The van der Waals surface area contributed by atoms with Crippen molar-refractivity contribution in [3.63, 3.8) is 0 Å².